The smallest absolute Gasteiger partial charge is 0.344 e. The van der Waals surface area contributed by atoms with Crippen LogP contribution < -0.4 is 4.74 Å². The van der Waals surface area contributed by atoms with Crippen molar-refractivity contribution >= 4 is 27.4 Å². The summed E-state index contributed by atoms with van der Waals surface area (Å²) in [6, 6.07) is 4.88. The summed E-state index contributed by atoms with van der Waals surface area (Å²) in [7, 11) is -3.52. The molecule has 0 radical (unpaired) electrons. The maximum atomic E-state index is 11.9. The van der Waals surface area contributed by atoms with Gasteiger partial charge in [-0.3, -0.25) is 0 Å². The fourth-order valence-corrected chi connectivity index (χ4v) is 2.95. The summed E-state index contributed by atoms with van der Waals surface area (Å²) in [5.41, 5.74) is 0.914. The molecule has 27 heavy (non-hydrogen) atoms. The number of halogens is 1. The first-order valence-electron chi connectivity index (χ1n) is 8.05. The highest BCUT2D eigenvalue weighted by molar-refractivity contribution is 7.90. The van der Waals surface area contributed by atoms with Gasteiger partial charge in [-0.15, -0.1) is 0 Å². The predicted molar refractivity (Wildman–Crippen MR) is 102 cm³/mol. The Labute approximate surface area is 163 Å². The summed E-state index contributed by atoms with van der Waals surface area (Å²) in [6.07, 6.45) is 2.43. The molecule has 9 heteroatoms. The Bertz CT molecular complexity index is 968. The van der Waals surface area contributed by atoms with Gasteiger partial charge in [0.05, 0.1) is 5.69 Å². The molecular weight excluding hydrogens is 392 g/mol. The minimum Gasteiger partial charge on any atom is -0.481 e. The molecule has 146 valence electrons. The van der Waals surface area contributed by atoms with Crippen LogP contribution in [0.5, 0.6) is 5.75 Å². The summed E-state index contributed by atoms with van der Waals surface area (Å²) in [4.78, 5) is 19.9. The van der Waals surface area contributed by atoms with Gasteiger partial charge in [0.2, 0.25) is 15.0 Å². The lowest BCUT2D eigenvalue weighted by Gasteiger charge is -2.20. The molecule has 0 spiro atoms. The average Bonchev–Trinajstić information content (AvgIpc) is 2.51. The van der Waals surface area contributed by atoms with Crippen LogP contribution in [0.3, 0.4) is 0 Å². The second-order valence-electron chi connectivity index (χ2n) is 6.94. The Hall–Kier alpha value is -2.19. The van der Waals surface area contributed by atoms with Crippen molar-refractivity contribution in [2.75, 3.05) is 12.9 Å². The van der Waals surface area contributed by atoms with E-state index in [-0.39, 0.29) is 11.8 Å². The van der Waals surface area contributed by atoms with Gasteiger partial charge in [0.15, 0.2) is 6.61 Å². The summed E-state index contributed by atoms with van der Waals surface area (Å²) < 4.78 is 34.1. The molecule has 0 aliphatic carbocycles. The maximum Gasteiger partial charge on any atom is 0.344 e. The number of esters is 1. The zero-order valence-electron chi connectivity index (χ0n) is 15.7. The average molecular weight is 413 g/mol. The Balaban J connectivity index is 2.35. The van der Waals surface area contributed by atoms with Gasteiger partial charge >= 0.3 is 5.97 Å². The standard InChI is InChI=1S/C18H21ClN2O5S/c1-11-14(9-20-17(21-11)27(5,23)24)13-8-12(19)6-7-15(13)25-10-16(22)26-18(2,3)4/h6-9H,10H2,1-5H3. The van der Waals surface area contributed by atoms with E-state index in [1.165, 1.54) is 6.20 Å². The number of aromatic nitrogens is 2. The molecule has 0 aliphatic heterocycles. The molecule has 0 atom stereocenters. The molecular formula is C18H21ClN2O5S. The number of hydrogen-bond acceptors (Lipinski definition) is 7. The fourth-order valence-electron chi connectivity index (χ4n) is 2.24. The number of benzene rings is 1. The third-order valence-electron chi connectivity index (χ3n) is 3.29. The third kappa shape index (κ3) is 5.90. The van der Waals surface area contributed by atoms with Gasteiger partial charge in [-0.05, 0) is 45.9 Å². The molecule has 0 unspecified atom stereocenters. The van der Waals surface area contributed by atoms with E-state index in [0.29, 0.717) is 27.6 Å². The molecule has 0 fully saturated rings. The fraction of sp³-hybridized carbons (Fsp3) is 0.389. The number of rotatable bonds is 5. The molecule has 2 aromatic rings. The number of carbonyl (C=O) groups excluding carboxylic acids is 1. The lowest BCUT2D eigenvalue weighted by Crippen LogP contribution is -2.27. The van der Waals surface area contributed by atoms with Crippen LogP contribution in [0.2, 0.25) is 5.02 Å². The minimum atomic E-state index is -3.52. The van der Waals surface area contributed by atoms with Crippen molar-refractivity contribution in [3.05, 3.63) is 35.1 Å². The minimum absolute atomic E-state index is 0.262. The van der Waals surface area contributed by atoms with E-state index in [0.717, 1.165) is 6.26 Å². The molecule has 1 heterocycles. The quantitative estimate of drug-likeness (QED) is 0.549. The normalized spacial score (nSPS) is 11.9. The number of aryl methyl sites for hydroxylation is 1. The van der Waals surface area contributed by atoms with Crippen molar-refractivity contribution in [2.24, 2.45) is 0 Å². The van der Waals surface area contributed by atoms with Gasteiger partial charge < -0.3 is 9.47 Å². The van der Waals surface area contributed by atoms with Crippen LogP contribution in [-0.4, -0.2) is 42.8 Å². The van der Waals surface area contributed by atoms with E-state index in [4.69, 9.17) is 21.1 Å². The third-order valence-corrected chi connectivity index (χ3v) is 4.38. The van der Waals surface area contributed by atoms with Crippen molar-refractivity contribution in [1.82, 2.24) is 9.97 Å². The first-order valence-corrected chi connectivity index (χ1v) is 10.3. The summed E-state index contributed by atoms with van der Waals surface area (Å²) >= 11 is 6.09. The first kappa shape index (κ1) is 21.1. The van der Waals surface area contributed by atoms with Crippen LogP contribution >= 0.6 is 11.6 Å². The molecule has 1 aromatic heterocycles. The van der Waals surface area contributed by atoms with Gasteiger partial charge in [-0.2, -0.15) is 0 Å². The van der Waals surface area contributed by atoms with E-state index >= 15 is 0 Å². The highest BCUT2D eigenvalue weighted by atomic mass is 35.5. The zero-order valence-corrected chi connectivity index (χ0v) is 17.3. The Morgan fingerprint density at radius 1 is 1.22 bits per heavy atom. The van der Waals surface area contributed by atoms with E-state index in [1.807, 2.05) is 0 Å². The summed E-state index contributed by atoms with van der Waals surface area (Å²) in [6.45, 7) is 6.67. The Morgan fingerprint density at radius 3 is 2.44 bits per heavy atom. The van der Waals surface area contributed by atoms with Gasteiger partial charge in [-0.25, -0.2) is 23.2 Å². The molecule has 0 amide bonds. The number of hydrogen-bond donors (Lipinski definition) is 0. The van der Waals surface area contributed by atoms with Crippen molar-refractivity contribution in [3.8, 4) is 16.9 Å². The van der Waals surface area contributed by atoms with Crippen LogP contribution in [0.1, 0.15) is 26.5 Å². The molecule has 0 bridgehead atoms. The van der Waals surface area contributed by atoms with Gasteiger partial charge in [0, 0.05) is 28.6 Å². The molecule has 0 aliphatic rings. The van der Waals surface area contributed by atoms with Crippen LogP contribution in [0.4, 0.5) is 0 Å². The lowest BCUT2D eigenvalue weighted by molar-refractivity contribution is -0.157. The van der Waals surface area contributed by atoms with Crippen molar-refractivity contribution in [3.63, 3.8) is 0 Å². The highest BCUT2D eigenvalue weighted by Gasteiger charge is 2.19. The molecule has 1 aromatic carbocycles. The molecule has 0 saturated heterocycles. The van der Waals surface area contributed by atoms with Gasteiger partial charge in [0.1, 0.15) is 11.4 Å². The van der Waals surface area contributed by atoms with Crippen LogP contribution in [0.15, 0.2) is 29.6 Å². The zero-order chi connectivity index (χ0) is 20.4. The van der Waals surface area contributed by atoms with E-state index in [9.17, 15) is 13.2 Å². The van der Waals surface area contributed by atoms with Gasteiger partial charge in [0.25, 0.3) is 0 Å². The SMILES string of the molecule is Cc1nc(S(C)(=O)=O)ncc1-c1cc(Cl)ccc1OCC(=O)OC(C)(C)C. The van der Waals surface area contributed by atoms with Gasteiger partial charge in [-0.1, -0.05) is 11.6 Å². The van der Waals surface area contributed by atoms with Crippen molar-refractivity contribution in [1.29, 1.82) is 0 Å². The summed E-state index contributed by atoms with van der Waals surface area (Å²) in [5, 5.41) is 0.184. The van der Waals surface area contributed by atoms with E-state index in [2.05, 4.69) is 9.97 Å². The van der Waals surface area contributed by atoms with Crippen molar-refractivity contribution in [2.45, 2.75) is 38.5 Å². The maximum absolute atomic E-state index is 11.9. The number of carbonyl (C=O) groups is 1. The predicted octanol–water partition coefficient (Wildman–Crippen LogP) is 3.23. The molecule has 2 rings (SSSR count). The van der Waals surface area contributed by atoms with Crippen LogP contribution in [0, 0.1) is 6.92 Å². The molecule has 0 N–H and O–H groups in total. The van der Waals surface area contributed by atoms with E-state index < -0.39 is 21.4 Å². The second-order valence-corrected chi connectivity index (χ2v) is 9.29. The lowest BCUT2D eigenvalue weighted by atomic mass is 10.1. The molecule has 7 nitrogen and oxygen atoms in total. The number of sulfone groups is 1. The largest absolute Gasteiger partial charge is 0.481 e. The summed E-state index contributed by atoms with van der Waals surface area (Å²) in [5.74, 6) is -0.132. The second kappa shape index (κ2) is 7.82. The van der Waals surface area contributed by atoms with Crippen LogP contribution in [-0.2, 0) is 19.4 Å². The Kier molecular flexibility index (Phi) is 6.11. The number of nitrogens with zero attached hydrogens (tertiary/aromatic N) is 2. The first-order chi connectivity index (χ1) is 12.4. The number of ether oxygens (including phenoxy) is 2. The monoisotopic (exact) mass is 412 g/mol. The van der Waals surface area contributed by atoms with Crippen molar-refractivity contribution < 1.29 is 22.7 Å². The molecule has 0 saturated carbocycles. The highest BCUT2D eigenvalue weighted by Crippen LogP contribution is 2.34. The van der Waals surface area contributed by atoms with E-state index in [1.54, 1.807) is 45.9 Å². The Morgan fingerprint density at radius 2 is 1.89 bits per heavy atom. The van der Waals surface area contributed by atoms with Crippen LogP contribution in [0.25, 0.3) is 11.1 Å². The topological polar surface area (TPSA) is 95.5 Å².